The number of aliphatic hydroxyl groups is 1. The van der Waals surface area contributed by atoms with E-state index in [4.69, 9.17) is 23.2 Å². The fraction of sp³-hybridized carbons (Fsp3) is 0.143. The van der Waals surface area contributed by atoms with Gasteiger partial charge in [0.25, 0.3) is 0 Å². The monoisotopic (exact) mass is 470 g/mol. The summed E-state index contributed by atoms with van der Waals surface area (Å²) in [6.07, 6.45) is -0.155. The molecular formula is C14H10BrCl2IO. The minimum atomic E-state index is -0.609. The number of benzene rings is 2. The quantitative estimate of drug-likeness (QED) is 0.575. The zero-order chi connectivity index (χ0) is 14.0. The highest BCUT2D eigenvalue weighted by atomic mass is 127. The average molecular weight is 472 g/mol. The van der Waals surface area contributed by atoms with Crippen molar-refractivity contribution in [2.24, 2.45) is 0 Å². The molecule has 2 rings (SSSR count). The third-order valence-electron chi connectivity index (χ3n) is 2.75. The molecule has 0 heterocycles. The predicted octanol–water partition coefficient (Wildman–Crippen LogP) is 5.64. The van der Waals surface area contributed by atoms with Crippen molar-refractivity contribution in [3.05, 3.63) is 65.6 Å². The smallest absolute Gasteiger partial charge is 0.0842 e. The van der Waals surface area contributed by atoms with E-state index >= 15 is 0 Å². The van der Waals surface area contributed by atoms with Gasteiger partial charge < -0.3 is 5.11 Å². The van der Waals surface area contributed by atoms with Crippen molar-refractivity contribution in [2.75, 3.05) is 0 Å². The summed E-state index contributed by atoms with van der Waals surface area (Å²) >= 11 is 17.7. The Balaban J connectivity index is 2.25. The Morgan fingerprint density at radius 1 is 1.16 bits per heavy atom. The maximum Gasteiger partial charge on any atom is 0.0842 e. The van der Waals surface area contributed by atoms with E-state index in [0.717, 1.165) is 19.2 Å². The Morgan fingerprint density at radius 2 is 1.89 bits per heavy atom. The van der Waals surface area contributed by atoms with Crippen LogP contribution in [0.2, 0.25) is 10.0 Å². The Morgan fingerprint density at radius 3 is 2.58 bits per heavy atom. The average Bonchev–Trinajstić information content (AvgIpc) is 2.35. The van der Waals surface area contributed by atoms with Gasteiger partial charge in [-0.25, -0.2) is 0 Å². The summed E-state index contributed by atoms with van der Waals surface area (Å²) in [4.78, 5) is 0. The van der Waals surface area contributed by atoms with E-state index in [0.29, 0.717) is 16.5 Å². The lowest BCUT2D eigenvalue weighted by molar-refractivity contribution is 0.177. The maximum absolute atomic E-state index is 10.3. The van der Waals surface area contributed by atoms with Crippen LogP contribution in [0.3, 0.4) is 0 Å². The van der Waals surface area contributed by atoms with Gasteiger partial charge in [-0.2, -0.15) is 0 Å². The molecule has 0 amide bonds. The van der Waals surface area contributed by atoms with E-state index in [9.17, 15) is 5.11 Å². The molecule has 100 valence electrons. The van der Waals surface area contributed by atoms with Gasteiger partial charge in [0.2, 0.25) is 0 Å². The number of halogens is 4. The van der Waals surface area contributed by atoms with Gasteiger partial charge in [0.15, 0.2) is 0 Å². The molecule has 2 aromatic rings. The Hall–Kier alpha value is 0.190. The van der Waals surface area contributed by atoms with Crippen LogP contribution in [0, 0.1) is 3.57 Å². The summed E-state index contributed by atoms with van der Waals surface area (Å²) in [5.41, 5.74) is 1.74. The van der Waals surface area contributed by atoms with Crippen LogP contribution in [-0.4, -0.2) is 5.11 Å². The van der Waals surface area contributed by atoms with E-state index in [1.165, 1.54) is 0 Å². The second-order valence-electron chi connectivity index (χ2n) is 4.12. The Kier molecular flexibility index (Phi) is 5.55. The number of hydrogen-bond donors (Lipinski definition) is 1. The van der Waals surface area contributed by atoms with Crippen molar-refractivity contribution in [1.29, 1.82) is 0 Å². The lowest BCUT2D eigenvalue weighted by Crippen LogP contribution is -2.03. The van der Waals surface area contributed by atoms with Crippen LogP contribution in [-0.2, 0) is 6.42 Å². The summed E-state index contributed by atoms with van der Waals surface area (Å²) in [6.45, 7) is 0. The van der Waals surface area contributed by atoms with Gasteiger partial charge in [-0.15, -0.1) is 0 Å². The molecule has 1 N–H and O–H groups in total. The highest BCUT2D eigenvalue weighted by molar-refractivity contribution is 14.1. The molecule has 0 radical (unpaired) electrons. The van der Waals surface area contributed by atoms with Gasteiger partial charge in [0, 0.05) is 24.5 Å². The predicted molar refractivity (Wildman–Crippen MR) is 92.0 cm³/mol. The Bertz CT molecular complexity index is 604. The zero-order valence-corrected chi connectivity index (χ0v) is 15.0. The maximum atomic E-state index is 10.3. The molecule has 0 fully saturated rings. The van der Waals surface area contributed by atoms with Crippen LogP contribution in [0.25, 0.3) is 0 Å². The SMILES string of the molecule is OC(Cc1ccc(Cl)cc1Cl)c1cc(I)ccc1Br. The van der Waals surface area contributed by atoms with Gasteiger partial charge in [0.1, 0.15) is 0 Å². The summed E-state index contributed by atoms with van der Waals surface area (Å²) in [7, 11) is 0. The molecule has 0 saturated heterocycles. The van der Waals surface area contributed by atoms with E-state index < -0.39 is 6.10 Å². The second-order valence-corrected chi connectivity index (χ2v) is 7.07. The fourth-order valence-electron chi connectivity index (χ4n) is 1.78. The topological polar surface area (TPSA) is 20.2 Å². The molecule has 0 bridgehead atoms. The molecule has 0 aliphatic rings. The van der Waals surface area contributed by atoms with Gasteiger partial charge >= 0.3 is 0 Å². The van der Waals surface area contributed by atoms with Crippen LogP contribution in [0.4, 0.5) is 0 Å². The minimum absolute atomic E-state index is 0.453. The van der Waals surface area contributed by atoms with Crippen molar-refractivity contribution >= 4 is 61.7 Å². The number of hydrogen-bond acceptors (Lipinski definition) is 1. The first kappa shape index (κ1) is 15.6. The third-order valence-corrected chi connectivity index (χ3v) is 4.73. The van der Waals surface area contributed by atoms with Gasteiger partial charge in [-0.1, -0.05) is 45.2 Å². The molecule has 0 aliphatic carbocycles. The summed E-state index contributed by atoms with van der Waals surface area (Å²) in [5.74, 6) is 0. The first-order valence-corrected chi connectivity index (χ1v) is 8.17. The minimum Gasteiger partial charge on any atom is -0.388 e. The number of aliphatic hydroxyl groups excluding tert-OH is 1. The van der Waals surface area contributed by atoms with Gasteiger partial charge in [0.05, 0.1) is 6.10 Å². The highest BCUT2D eigenvalue weighted by Gasteiger charge is 2.14. The third kappa shape index (κ3) is 4.08. The summed E-state index contributed by atoms with van der Waals surface area (Å²) < 4.78 is 1.97. The molecule has 1 nitrogen and oxygen atoms in total. The lowest BCUT2D eigenvalue weighted by atomic mass is 10.0. The van der Waals surface area contributed by atoms with Crippen LogP contribution in [0.5, 0.6) is 0 Å². The Labute approximate surface area is 144 Å². The van der Waals surface area contributed by atoms with Crippen molar-refractivity contribution in [2.45, 2.75) is 12.5 Å². The van der Waals surface area contributed by atoms with Gasteiger partial charge in [-0.05, 0) is 64.0 Å². The van der Waals surface area contributed by atoms with E-state index in [2.05, 4.69) is 38.5 Å². The van der Waals surface area contributed by atoms with Crippen LogP contribution in [0.15, 0.2) is 40.9 Å². The van der Waals surface area contributed by atoms with Crippen molar-refractivity contribution in [3.8, 4) is 0 Å². The largest absolute Gasteiger partial charge is 0.388 e. The standard InChI is InChI=1S/C14H10BrCl2IO/c15-12-4-3-10(18)7-11(12)14(19)5-8-1-2-9(16)6-13(8)17/h1-4,6-7,14,19H,5H2. The molecule has 1 atom stereocenters. The molecule has 0 saturated carbocycles. The molecule has 0 aliphatic heterocycles. The van der Waals surface area contributed by atoms with Gasteiger partial charge in [-0.3, -0.25) is 0 Å². The lowest BCUT2D eigenvalue weighted by Gasteiger charge is -2.14. The van der Waals surface area contributed by atoms with E-state index in [1.807, 2.05) is 24.3 Å². The normalized spacial score (nSPS) is 12.5. The molecule has 1 unspecified atom stereocenters. The number of rotatable bonds is 3. The first-order valence-electron chi connectivity index (χ1n) is 5.54. The second kappa shape index (κ2) is 6.76. The van der Waals surface area contributed by atoms with Crippen molar-refractivity contribution in [1.82, 2.24) is 0 Å². The molecule has 0 aromatic heterocycles. The van der Waals surface area contributed by atoms with Crippen molar-refractivity contribution in [3.63, 3.8) is 0 Å². The summed E-state index contributed by atoms with van der Waals surface area (Å²) in [6, 6.07) is 11.2. The molecule has 19 heavy (non-hydrogen) atoms. The molecule has 2 aromatic carbocycles. The fourth-order valence-corrected chi connectivity index (χ4v) is 3.29. The molecule has 0 spiro atoms. The van der Waals surface area contributed by atoms with E-state index in [1.54, 1.807) is 12.1 Å². The molecular weight excluding hydrogens is 462 g/mol. The first-order chi connectivity index (χ1) is 8.97. The van der Waals surface area contributed by atoms with Crippen molar-refractivity contribution < 1.29 is 5.11 Å². The van der Waals surface area contributed by atoms with Crippen LogP contribution >= 0.6 is 61.7 Å². The highest BCUT2D eigenvalue weighted by Crippen LogP contribution is 2.30. The summed E-state index contributed by atoms with van der Waals surface area (Å²) in [5, 5.41) is 11.5. The van der Waals surface area contributed by atoms with Crippen LogP contribution in [0.1, 0.15) is 17.2 Å². The van der Waals surface area contributed by atoms with Crippen LogP contribution < -0.4 is 0 Å². The van der Waals surface area contributed by atoms with E-state index in [-0.39, 0.29) is 0 Å². The molecule has 5 heteroatoms. The zero-order valence-electron chi connectivity index (χ0n) is 9.71.